The number of benzene rings is 1. The molecule has 1 aromatic rings. The molecule has 0 unspecified atom stereocenters. The Kier molecular flexibility index (Phi) is 4.26. The zero-order chi connectivity index (χ0) is 12.3. The first-order valence-corrected chi connectivity index (χ1v) is 5.45. The minimum absolute atomic E-state index is 0.0293. The van der Waals surface area contributed by atoms with Crippen LogP contribution in [-0.2, 0) is 0 Å². The maximum absolute atomic E-state index is 11.5. The molecule has 0 amide bonds. The first-order valence-electron chi connectivity index (χ1n) is 4.13. The Balaban J connectivity index is 3.54. The van der Waals surface area contributed by atoms with Crippen LogP contribution in [0.3, 0.4) is 0 Å². The summed E-state index contributed by atoms with van der Waals surface area (Å²) in [6.45, 7) is 0. The zero-order valence-corrected chi connectivity index (χ0v) is 10.5. The number of nitro benzene ring substituents is 1. The van der Waals surface area contributed by atoms with Crippen molar-refractivity contribution < 1.29 is 14.5 Å². The average Bonchev–Trinajstić information content (AvgIpc) is 2.27. The molecule has 0 fully saturated rings. The van der Waals surface area contributed by atoms with Gasteiger partial charge in [0, 0.05) is 4.47 Å². The van der Waals surface area contributed by atoms with Crippen LogP contribution in [0.1, 0.15) is 10.4 Å². The molecule has 0 N–H and O–H groups in total. The van der Waals surface area contributed by atoms with Gasteiger partial charge < -0.3 is 4.74 Å². The van der Waals surface area contributed by atoms with Gasteiger partial charge in [0.05, 0.1) is 17.9 Å². The molecule has 0 spiro atoms. The maximum atomic E-state index is 11.5. The van der Waals surface area contributed by atoms with Crippen LogP contribution >= 0.6 is 27.5 Å². The van der Waals surface area contributed by atoms with Gasteiger partial charge in [-0.15, -0.1) is 11.6 Å². The van der Waals surface area contributed by atoms with Crippen LogP contribution in [-0.4, -0.2) is 23.7 Å². The highest BCUT2D eigenvalue weighted by atomic mass is 79.9. The van der Waals surface area contributed by atoms with Crippen molar-refractivity contribution in [2.24, 2.45) is 0 Å². The second kappa shape index (κ2) is 5.27. The molecule has 0 saturated heterocycles. The molecule has 5 nitrogen and oxygen atoms in total. The van der Waals surface area contributed by atoms with Gasteiger partial charge in [-0.3, -0.25) is 14.9 Å². The van der Waals surface area contributed by atoms with Crippen molar-refractivity contribution in [3.05, 3.63) is 32.3 Å². The largest absolute Gasteiger partial charge is 0.490 e. The molecule has 0 bridgehead atoms. The molecule has 0 aliphatic heterocycles. The van der Waals surface area contributed by atoms with E-state index in [4.69, 9.17) is 16.3 Å². The van der Waals surface area contributed by atoms with Crippen molar-refractivity contribution in [3.63, 3.8) is 0 Å². The monoisotopic (exact) mass is 307 g/mol. The number of nitro groups is 1. The van der Waals surface area contributed by atoms with Crippen molar-refractivity contribution in [1.29, 1.82) is 0 Å². The van der Waals surface area contributed by atoms with Crippen LogP contribution in [0.2, 0.25) is 0 Å². The molecule has 0 saturated carbocycles. The molecular weight excluding hydrogens is 301 g/mol. The minimum atomic E-state index is -0.663. The van der Waals surface area contributed by atoms with E-state index in [1.807, 2.05) is 0 Å². The summed E-state index contributed by atoms with van der Waals surface area (Å²) in [4.78, 5) is 21.7. The molecule has 0 aromatic heterocycles. The van der Waals surface area contributed by atoms with Crippen LogP contribution in [0.4, 0.5) is 5.69 Å². The molecule has 16 heavy (non-hydrogen) atoms. The standard InChI is InChI=1S/C9H7BrClNO4/c1-16-7-3-2-5(10)8(6(13)4-11)9(7)12(14)15/h2-3H,4H2,1H3. The Morgan fingerprint density at radius 1 is 1.62 bits per heavy atom. The van der Waals surface area contributed by atoms with Gasteiger partial charge in [0.25, 0.3) is 0 Å². The number of carbonyl (C=O) groups is 1. The third-order valence-corrected chi connectivity index (χ3v) is 2.80. The average molecular weight is 309 g/mol. The SMILES string of the molecule is COc1ccc(Br)c(C(=O)CCl)c1[N+](=O)[O-]. The lowest BCUT2D eigenvalue weighted by Crippen LogP contribution is -2.07. The third kappa shape index (κ3) is 2.33. The summed E-state index contributed by atoms with van der Waals surface area (Å²) in [7, 11) is 1.30. The Bertz CT molecular complexity index is 449. The van der Waals surface area contributed by atoms with Crippen molar-refractivity contribution >= 4 is 39.0 Å². The Morgan fingerprint density at radius 2 is 2.25 bits per heavy atom. The Labute approximate surface area is 105 Å². The molecule has 0 atom stereocenters. The number of Topliss-reactive ketones (excluding diaryl/α,β-unsaturated/α-hetero) is 1. The molecule has 86 valence electrons. The van der Waals surface area contributed by atoms with Crippen LogP contribution in [0.15, 0.2) is 16.6 Å². The summed E-state index contributed by atoms with van der Waals surface area (Å²) in [6.07, 6.45) is 0. The van der Waals surface area contributed by atoms with Gasteiger partial charge in [0.15, 0.2) is 11.5 Å². The number of nitrogens with zero attached hydrogens (tertiary/aromatic N) is 1. The number of alkyl halides is 1. The fourth-order valence-electron chi connectivity index (χ4n) is 1.23. The minimum Gasteiger partial charge on any atom is -0.490 e. The fourth-order valence-corrected chi connectivity index (χ4v) is 1.90. The normalized spacial score (nSPS) is 9.94. The first-order chi connectivity index (χ1) is 7.52. The molecule has 1 aromatic carbocycles. The second-order valence-corrected chi connectivity index (χ2v) is 3.91. The van der Waals surface area contributed by atoms with Gasteiger partial charge in [-0.2, -0.15) is 0 Å². The highest BCUT2D eigenvalue weighted by Crippen LogP contribution is 2.36. The van der Waals surface area contributed by atoms with Gasteiger partial charge in [-0.05, 0) is 28.1 Å². The van der Waals surface area contributed by atoms with E-state index in [1.54, 1.807) is 0 Å². The van der Waals surface area contributed by atoms with E-state index in [1.165, 1.54) is 19.2 Å². The highest BCUT2D eigenvalue weighted by molar-refractivity contribution is 9.10. The van der Waals surface area contributed by atoms with E-state index in [9.17, 15) is 14.9 Å². The van der Waals surface area contributed by atoms with Crippen LogP contribution in [0, 0.1) is 10.1 Å². The van der Waals surface area contributed by atoms with E-state index in [-0.39, 0.29) is 22.9 Å². The second-order valence-electron chi connectivity index (χ2n) is 2.79. The van der Waals surface area contributed by atoms with E-state index in [2.05, 4.69) is 15.9 Å². The van der Waals surface area contributed by atoms with Crippen molar-refractivity contribution in [2.45, 2.75) is 0 Å². The summed E-state index contributed by atoms with van der Waals surface area (Å²) >= 11 is 8.48. The molecule has 0 radical (unpaired) electrons. The Hall–Kier alpha value is -1.14. The third-order valence-electron chi connectivity index (χ3n) is 1.89. The van der Waals surface area contributed by atoms with Crippen LogP contribution in [0.5, 0.6) is 5.75 Å². The van der Waals surface area contributed by atoms with Gasteiger partial charge in [-0.1, -0.05) is 0 Å². The number of ketones is 1. The Morgan fingerprint density at radius 3 is 2.69 bits per heavy atom. The summed E-state index contributed by atoms with van der Waals surface area (Å²) in [5.41, 5.74) is -0.443. The van der Waals surface area contributed by atoms with Gasteiger partial charge in [0.2, 0.25) is 0 Å². The molecule has 0 aliphatic carbocycles. The van der Waals surface area contributed by atoms with Crippen molar-refractivity contribution in [1.82, 2.24) is 0 Å². The highest BCUT2D eigenvalue weighted by Gasteiger charge is 2.27. The molecule has 0 aliphatic rings. The molecule has 0 heterocycles. The molecule has 7 heteroatoms. The predicted octanol–water partition coefficient (Wildman–Crippen LogP) is 2.79. The number of rotatable bonds is 4. The molecule has 1 rings (SSSR count). The summed E-state index contributed by atoms with van der Waals surface area (Å²) < 4.78 is 5.16. The summed E-state index contributed by atoms with van der Waals surface area (Å²) in [5.74, 6) is -0.826. The first kappa shape index (κ1) is 12.9. The quantitative estimate of drug-likeness (QED) is 0.371. The smallest absolute Gasteiger partial charge is 0.322 e. The van der Waals surface area contributed by atoms with E-state index in [0.29, 0.717) is 4.47 Å². The van der Waals surface area contributed by atoms with Gasteiger partial charge in [-0.25, -0.2) is 0 Å². The van der Waals surface area contributed by atoms with E-state index < -0.39 is 10.7 Å². The van der Waals surface area contributed by atoms with E-state index in [0.717, 1.165) is 0 Å². The van der Waals surface area contributed by atoms with Gasteiger partial charge >= 0.3 is 5.69 Å². The lowest BCUT2D eigenvalue weighted by molar-refractivity contribution is -0.386. The lowest BCUT2D eigenvalue weighted by atomic mass is 10.1. The number of ether oxygens (including phenoxy) is 1. The summed E-state index contributed by atoms with van der Waals surface area (Å²) in [6, 6.07) is 2.92. The lowest BCUT2D eigenvalue weighted by Gasteiger charge is -2.07. The number of carbonyl (C=O) groups excluding carboxylic acids is 1. The van der Waals surface area contributed by atoms with Gasteiger partial charge in [0.1, 0.15) is 5.56 Å². The van der Waals surface area contributed by atoms with Crippen molar-refractivity contribution in [3.8, 4) is 5.75 Å². The van der Waals surface area contributed by atoms with E-state index >= 15 is 0 Å². The number of halogens is 2. The maximum Gasteiger partial charge on any atom is 0.322 e. The van der Waals surface area contributed by atoms with Crippen LogP contribution in [0.25, 0.3) is 0 Å². The molecular formula is C9H7BrClNO4. The predicted molar refractivity (Wildman–Crippen MR) is 62.4 cm³/mol. The fraction of sp³-hybridized carbons (Fsp3) is 0.222. The number of hydrogen-bond acceptors (Lipinski definition) is 4. The topological polar surface area (TPSA) is 69.4 Å². The zero-order valence-electron chi connectivity index (χ0n) is 8.20. The number of hydrogen-bond donors (Lipinski definition) is 0. The summed E-state index contributed by atoms with van der Waals surface area (Å²) in [5, 5.41) is 10.9. The van der Waals surface area contributed by atoms with Crippen LogP contribution < -0.4 is 4.74 Å². The van der Waals surface area contributed by atoms with Crippen molar-refractivity contribution in [2.75, 3.05) is 13.0 Å². The number of methoxy groups -OCH3 is 1.